The van der Waals surface area contributed by atoms with Gasteiger partial charge in [-0.3, -0.25) is 4.79 Å². The monoisotopic (exact) mass is 401 g/mol. The van der Waals surface area contributed by atoms with Gasteiger partial charge in [-0.2, -0.15) is 0 Å². The fourth-order valence-corrected chi connectivity index (χ4v) is 3.78. The van der Waals surface area contributed by atoms with E-state index in [0.717, 1.165) is 21.1 Å². The Labute approximate surface area is 164 Å². The Morgan fingerprint density at radius 1 is 1.14 bits per heavy atom. The van der Waals surface area contributed by atoms with Crippen molar-refractivity contribution >= 4 is 32.7 Å². The van der Waals surface area contributed by atoms with E-state index in [0.29, 0.717) is 17.6 Å². The number of amides is 1. The highest BCUT2D eigenvalue weighted by Gasteiger charge is 2.19. The molecule has 0 aliphatic carbocycles. The zero-order chi connectivity index (χ0) is 20.5. The van der Waals surface area contributed by atoms with E-state index in [1.54, 1.807) is 10.7 Å². The molecule has 0 spiro atoms. The molecule has 3 rings (SSSR count). The predicted molar refractivity (Wildman–Crippen MR) is 108 cm³/mol. The molecule has 0 saturated heterocycles. The van der Waals surface area contributed by atoms with Crippen LogP contribution in [0.1, 0.15) is 17.5 Å². The summed E-state index contributed by atoms with van der Waals surface area (Å²) in [7, 11) is -0.581. The number of sulfonamides is 1. The largest absolute Gasteiger partial charge is 0.326 e. The van der Waals surface area contributed by atoms with Crippen LogP contribution in [0.2, 0.25) is 0 Å². The number of rotatable bonds is 6. The van der Waals surface area contributed by atoms with Gasteiger partial charge in [-0.05, 0) is 43.7 Å². The van der Waals surface area contributed by atoms with Crippen LogP contribution < -0.4 is 5.32 Å². The van der Waals surface area contributed by atoms with E-state index in [1.807, 2.05) is 32.0 Å². The molecule has 0 bridgehead atoms. The Bertz CT molecular complexity index is 1140. The Kier molecular flexibility index (Phi) is 5.48. The molecule has 0 saturated carbocycles. The van der Waals surface area contributed by atoms with Crippen LogP contribution >= 0.6 is 0 Å². The Hall–Kier alpha value is -2.78. The van der Waals surface area contributed by atoms with E-state index >= 15 is 0 Å². The average molecular weight is 401 g/mol. The summed E-state index contributed by atoms with van der Waals surface area (Å²) in [6.07, 6.45) is 0.226. The smallest absolute Gasteiger partial charge is 0.242 e. The lowest BCUT2D eigenvalue weighted by Gasteiger charge is -2.11. The summed E-state index contributed by atoms with van der Waals surface area (Å²) in [5.74, 6) is -0.123. The van der Waals surface area contributed by atoms with Crippen LogP contribution in [0.3, 0.4) is 0 Å². The van der Waals surface area contributed by atoms with Gasteiger partial charge in [-0.15, -0.1) is 5.10 Å². The van der Waals surface area contributed by atoms with Gasteiger partial charge in [0.2, 0.25) is 15.9 Å². The molecule has 9 heteroatoms. The second-order valence-electron chi connectivity index (χ2n) is 6.87. The first kappa shape index (κ1) is 20.0. The quantitative estimate of drug-likeness (QED) is 0.684. The van der Waals surface area contributed by atoms with Crippen LogP contribution in [0.5, 0.6) is 0 Å². The molecule has 0 fully saturated rings. The van der Waals surface area contributed by atoms with Gasteiger partial charge >= 0.3 is 0 Å². The molecule has 0 atom stereocenters. The van der Waals surface area contributed by atoms with E-state index in [4.69, 9.17) is 0 Å². The van der Waals surface area contributed by atoms with Crippen LogP contribution in [-0.4, -0.2) is 47.7 Å². The number of anilines is 1. The summed E-state index contributed by atoms with van der Waals surface area (Å²) in [5, 5.41) is 11.0. The van der Waals surface area contributed by atoms with Crippen molar-refractivity contribution in [2.24, 2.45) is 0 Å². The predicted octanol–water partition coefficient (Wildman–Crippen LogP) is 2.33. The summed E-state index contributed by atoms with van der Waals surface area (Å²) in [5.41, 5.74) is 4.08. The molecule has 2 aromatic carbocycles. The van der Waals surface area contributed by atoms with E-state index < -0.39 is 10.0 Å². The van der Waals surface area contributed by atoms with E-state index in [2.05, 4.69) is 15.6 Å². The minimum Gasteiger partial charge on any atom is -0.326 e. The van der Waals surface area contributed by atoms with Crippen molar-refractivity contribution in [3.63, 3.8) is 0 Å². The number of fused-ring (bicyclic) bond motifs is 1. The van der Waals surface area contributed by atoms with Crippen molar-refractivity contribution in [2.75, 3.05) is 19.4 Å². The standard InChI is InChI=1S/C19H23N5O3S/c1-13-5-7-16(14(2)11-13)20-19(25)9-10-24-18-8-6-15(12-17(18)21-22-24)28(26,27)23(3)4/h5-8,11-12H,9-10H2,1-4H3,(H,20,25). The Balaban J connectivity index is 1.72. The molecule has 0 unspecified atom stereocenters. The third-order valence-corrected chi connectivity index (χ3v) is 6.28. The molecule has 1 aromatic heterocycles. The maximum atomic E-state index is 12.3. The Morgan fingerprint density at radius 3 is 2.57 bits per heavy atom. The number of hydrogen-bond acceptors (Lipinski definition) is 5. The van der Waals surface area contributed by atoms with Crippen molar-refractivity contribution in [2.45, 2.75) is 31.7 Å². The number of nitrogens with zero attached hydrogens (tertiary/aromatic N) is 4. The SMILES string of the molecule is Cc1ccc(NC(=O)CCn2nnc3cc(S(=O)(=O)N(C)C)ccc32)c(C)c1. The molecular weight excluding hydrogens is 378 g/mol. The van der Waals surface area contributed by atoms with Gasteiger partial charge in [0, 0.05) is 26.2 Å². The lowest BCUT2D eigenvalue weighted by molar-refractivity contribution is -0.116. The fourth-order valence-electron chi connectivity index (χ4n) is 2.86. The number of aryl methyl sites for hydroxylation is 3. The van der Waals surface area contributed by atoms with Crippen LogP contribution in [0.15, 0.2) is 41.3 Å². The van der Waals surface area contributed by atoms with Gasteiger partial charge in [0.05, 0.1) is 17.0 Å². The number of nitrogens with one attached hydrogen (secondary N) is 1. The van der Waals surface area contributed by atoms with Crippen molar-refractivity contribution in [1.82, 2.24) is 19.3 Å². The molecule has 0 radical (unpaired) electrons. The highest BCUT2D eigenvalue weighted by atomic mass is 32.2. The normalized spacial score (nSPS) is 11.9. The molecule has 1 amide bonds. The van der Waals surface area contributed by atoms with Crippen LogP contribution in [0, 0.1) is 13.8 Å². The van der Waals surface area contributed by atoms with Gasteiger partial charge in [0.15, 0.2) is 0 Å². The first-order valence-corrected chi connectivity index (χ1v) is 10.3. The lowest BCUT2D eigenvalue weighted by atomic mass is 10.1. The van der Waals surface area contributed by atoms with Crippen molar-refractivity contribution < 1.29 is 13.2 Å². The molecule has 1 N–H and O–H groups in total. The van der Waals surface area contributed by atoms with Gasteiger partial charge in [-0.25, -0.2) is 17.4 Å². The second-order valence-corrected chi connectivity index (χ2v) is 9.02. The molecular formula is C19H23N5O3S. The van der Waals surface area contributed by atoms with Gasteiger partial charge < -0.3 is 5.32 Å². The van der Waals surface area contributed by atoms with Crippen molar-refractivity contribution in [3.05, 3.63) is 47.5 Å². The molecule has 0 aliphatic rings. The van der Waals surface area contributed by atoms with Crippen LogP contribution in [0.25, 0.3) is 11.0 Å². The number of carbonyl (C=O) groups is 1. The Morgan fingerprint density at radius 2 is 1.89 bits per heavy atom. The first-order chi connectivity index (χ1) is 13.2. The van der Waals surface area contributed by atoms with E-state index in [9.17, 15) is 13.2 Å². The van der Waals surface area contributed by atoms with Crippen molar-refractivity contribution in [1.29, 1.82) is 0 Å². The third kappa shape index (κ3) is 4.05. The first-order valence-electron chi connectivity index (χ1n) is 8.81. The number of benzene rings is 2. The second kappa shape index (κ2) is 7.69. The average Bonchev–Trinajstić information content (AvgIpc) is 3.04. The zero-order valence-electron chi connectivity index (χ0n) is 16.3. The van der Waals surface area contributed by atoms with Crippen molar-refractivity contribution in [3.8, 4) is 0 Å². The van der Waals surface area contributed by atoms with Gasteiger partial charge in [0.1, 0.15) is 5.52 Å². The minimum absolute atomic E-state index is 0.123. The molecule has 3 aromatic rings. The number of carbonyl (C=O) groups excluding carboxylic acids is 1. The van der Waals surface area contributed by atoms with Crippen LogP contribution in [0.4, 0.5) is 5.69 Å². The van der Waals surface area contributed by atoms with Crippen LogP contribution in [-0.2, 0) is 21.4 Å². The van der Waals surface area contributed by atoms with Gasteiger partial charge in [-0.1, -0.05) is 22.9 Å². The summed E-state index contributed by atoms with van der Waals surface area (Å²) in [6.45, 7) is 4.30. The summed E-state index contributed by atoms with van der Waals surface area (Å²) in [6, 6.07) is 10.5. The molecule has 28 heavy (non-hydrogen) atoms. The van der Waals surface area contributed by atoms with Gasteiger partial charge in [0.25, 0.3) is 0 Å². The van der Waals surface area contributed by atoms with E-state index in [-0.39, 0.29) is 17.2 Å². The summed E-state index contributed by atoms with van der Waals surface area (Å²) < 4.78 is 27.2. The lowest BCUT2D eigenvalue weighted by Crippen LogP contribution is -2.22. The molecule has 8 nitrogen and oxygen atoms in total. The maximum absolute atomic E-state index is 12.3. The fraction of sp³-hybridized carbons (Fsp3) is 0.316. The number of aromatic nitrogens is 3. The minimum atomic E-state index is -3.53. The summed E-state index contributed by atoms with van der Waals surface area (Å²) >= 11 is 0. The molecule has 1 heterocycles. The number of hydrogen-bond donors (Lipinski definition) is 1. The van der Waals surface area contributed by atoms with E-state index in [1.165, 1.54) is 26.2 Å². The highest BCUT2D eigenvalue weighted by Crippen LogP contribution is 2.20. The highest BCUT2D eigenvalue weighted by molar-refractivity contribution is 7.89. The maximum Gasteiger partial charge on any atom is 0.242 e. The molecule has 0 aliphatic heterocycles. The molecule has 148 valence electrons. The topological polar surface area (TPSA) is 97.2 Å². The third-order valence-electron chi connectivity index (χ3n) is 4.47. The zero-order valence-corrected chi connectivity index (χ0v) is 17.1. The summed E-state index contributed by atoms with van der Waals surface area (Å²) in [4.78, 5) is 12.4.